The second-order valence-electron chi connectivity index (χ2n) is 10.2. The van der Waals surface area contributed by atoms with Gasteiger partial charge in [0.2, 0.25) is 0 Å². The molecule has 2 amide bonds. The van der Waals surface area contributed by atoms with Crippen LogP contribution in [0.4, 0.5) is 0 Å². The standard InChI is InChI=1S/C30H26Cl2N6O3/c1-35-12-14-36(15-13-35)17-26-33-34-27(18-37-29(40)20-6-2-3-7-21(20)30(37)41)38(26)25-11-10-19(31)16-23(25)28(39)22-8-4-5-9-24(22)32/h2-11,16H,12-15,17-18H2,1H3. The molecule has 11 heteroatoms. The highest BCUT2D eigenvalue weighted by molar-refractivity contribution is 6.35. The van der Waals surface area contributed by atoms with Crippen LogP contribution in [0.3, 0.4) is 0 Å². The van der Waals surface area contributed by atoms with Gasteiger partial charge in [-0.05, 0) is 49.5 Å². The molecule has 0 atom stereocenters. The van der Waals surface area contributed by atoms with Crippen molar-refractivity contribution in [3.05, 3.63) is 111 Å². The van der Waals surface area contributed by atoms with Crippen LogP contribution in [0.2, 0.25) is 10.0 Å². The molecule has 9 nitrogen and oxygen atoms in total. The van der Waals surface area contributed by atoms with Gasteiger partial charge in [-0.3, -0.25) is 28.8 Å². The zero-order valence-electron chi connectivity index (χ0n) is 22.3. The number of amides is 2. The number of ketones is 1. The van der Waals surface area contributed by atoms with Crippen LogP contribution < -0.4 is 0 Å². The smallest absolute Gasteiger partial charge is 0.261 e. The lowest BCUT2D eigenvalue weighted by Crippen LogP contribution is -2.44. The largest absolute Gasteiger partial charge is 0.304 e. The Bertz CT molecular complexity index is 1640. The van der Waals surface area contributed by atoms with E-state index in [1.807, 2.05) is 0 Å². The molecule has 1 saturated heterocycles. The summed E-state index contributed by atoms with van der Waals surface area (Å²) >= 11 is 12.8. The molecule has 3 aromatic carbocycles. The van der Waals surface area contributed by atoms with Crippen molar-refractivity contribution >= 4 is 40.8 Å². The average Bonchev–Trinajstić information content (AvgIpc) is 3.48. The number of carbonyl (C=O) groups excluding carboxylic acids is 3. The van der Waals surface area contributed by atoms with Gasteiger partial charge in [0, 0.05) is 42.3 Å². The highest BCUT2D eigenvalue weighted by Crippen LogP contribution is 2.30. The number of piperazine rings is 1. The minimum Gasteiger partial charge on any atom is -0.304 e. The van der Waals surface area contributed by atoms with Gasteiger partial charge in [-0.25, -0.2) is 0 Å². The van der Waals surface area contributed by atoms with E-state index in [2.05, 4.69) is 27.0 Å². The van der Waals surface area contributed by atoms with E-state index in [9.17, 15) is 14.4 Å². The number of imide groups is 1. The van der Waals surface area contributed by atoms with Crippen LogP contribution in [-0.4, -0.2) is 80.3 Å². The Labute approximate surface area is 246 Å². The van der Waals surface area contributed by atoms with Crippen LogP contribution in [0.25, 0.3) is 5.69 Å². The van der Waals surface area contributed by atoms with Crippen molar-refractivity contribution in [3.8, 4) is 5.69 Å². The number of benzene rings is 3. The van der Waals surface area contributed by atoms with Crippen LogP contribution in [0.15, 0.2) is 66.7 Å². The van der Waals surface area contributed by atoms with Crippen molar-refractivity contribution < 1.29 is 14.4 Å². The third-order valence-corrected chi connectivity index (χ3v) is 8.06. The first kappa shape index (κ1) is 27.3. The minimum atomic E-state index is -0.399. The molecule has 2 aliphatic heterocycles. The van der Waals surface area contributed by atoms with Crippen molar-refractivity contribution in [1.29, 1.82) is 0 Å². The molecule has 4 aromatic rings. The second kappa shape index (κ2) is 11.2. The normalized spacial score (nSPS) is 15.9. The third-order valence-electron chi connectivity index (χ3n) is 7.50. The van der Waals surface area contributed by atoms with Gasteiger partial charge in [0.15, 0.2) is 17.4 Å². The van der Waals surface area contributed by atoms with Crippen molar-refractivity contribution in [2.75, 3.05) is 33.2 Å². The SMILES string of the molecule is CN1CCN(Cc2nnc(CN3C(=O)c4ccccc4C3=O)n2-c2ccc(Cl)cc2C(=O)c2ccccc2Cl)CC1. The fourth-order valence-corrected chi connectivity index (χ4v) is 5.64. The number of rotatable bonds is 7. The maximum Gasteiger partial charge on any atom is 0.261 e. The number of nitrogens with zero attached hydrogens (tertiary/aromatic N) is 6. The number of fused-ring (bicyclic) bond motifs is 1. The highest BCUT2D eigenvalue weighted by Gasteiger charge is 2.37. The Morgan fingerprint density at radius 3 is 2.05 bits per heavy atom. The van der Waals surface area contributed by atoms with Gasteiger partial charge in [0.25, 0.3) is 11.8 Å². The van der Waals surface area contributed by atoms with Gasteiger partial charge < -0.3 is 4.90 Å². The van der Waals surface area contributed by atoms with E-state index < -0.39 is 11.8 Å². The second-order valence-corrected chi connectivity index (χ2v) is 11.0. The van der Waals surface area contributed by atoms with E-state index in [0.717, 1.165) is 31.1 Å². The number of likely N-dealkylation sites (N-methyl/N-ethyl adjacent to an activating group) is 1. The van der Waals surface area contributed by atoms with E-state index in [-0.39, 0.29) is 12.3 Å². The van der Waals surface area contributed by atoms with E-state index in [1.54, 1.807) is 71.3 Å². The molecule has 41 heavy (non-hydrogen) atoms. The molecule has 0 radical (unpaired) electrons. The first-order valence-electron chi connectivity index (χ1n) is 13.2. The molecule has 0 aliphatic carbocycles. The number of hydrogen-bond donors (Lipinski definition) is 0. The zero-order chi connectivity index (χ0) is 28.7. The van der Waals surface area contributed by atoms with Crippen LogP contribution in [0, 0.1) is 0 Å². The van der Waals surface area contributed by atoms with Crippen molar-refractivity contribution in [1.82, 2.24) is 29.5 Å². The summed E-state index contributed by atoms with van der Waals surface area (Å²) in [6.07, 6.45) is 0. The molecule has 0 N–H and O–H groups in total. The monoisotopic (exact) mass is 588 g/mol. The molecular weight excluding hydrogens is 563 g/mol. The van der Waals surface area contributed by atoms with Crippen molar-refractivity contribution in [3.63, 3.8) is 0 Å². The third kappa shape index (κ3) is 5.17. The van der Waals surface area contributed by atoms with Gasteiger partial charge in [-0.2, -0.15) is 0 Å². The average molecular weight is 589 g/mol. The molecule has 0 saturated carbocycles. The molecule has 1 fully saturated rings. The summed E-state index contributed by atoms with van der Waals surface area (Å²) in [6.45, 7) is 3.84. The molecule has 2 aliphatic rings. The van der Waals surface area contributed by atoms with Gasteiger partial charge in [-0.15, -0.1) is 10.2 Å². The topological polar surface area (TPSA) is 91.6 Å². The van der Waals surface area contributed by atoms with Crippen LogP contribution >= 0.6 is 23.2 Å². The maximum atomic E-state index is 13.8. The first-order chi connectivity index (χ1) is 19.8. The van der Waals surface area contributed by atoms with E-state index >= 15 is 0 Å². The Morgan fingerprint density at radius 2 is 1.39 bits per heavy atom. The maximum absolute atomic E-state index is 13.8. The fourth-order valence-electron chi connectivity index (χ4n) is 5.24. The first-order valence-corrected chi connectivity index (χ1v) is 14.0. The molecule has 0 spiro atoms. The molecule has 6 rings (SSSR count). The lowest BCUT2D eigenvalue weighted by atomic mass is 10.0. The van der Waals surface area contributed by atoms with Gasteiger partial charge in [0.1, 0.15) is 0 Å². The summed E-state index contributed by atoms with van der Waals surface area (Å²) < 4.78 is 1.77. The van der Waals surface area contributed by atoms with E-state index in [4.69, 9.17) is 23.2 Å². The van der Waals surface area contributed by atoms with Crippen molar-refractivity contribution in [2.24, 2.45) is 0 Å². The lowest BCUT2D eigenvalue weighted by Gasteiger charge is -2.32. The summed E-state index contributed by atoms with van der Waals surface area (Å²) in [5, 5.41) is 9.63. The van der Waals surface area contributed by atoms with E-state index in [0.29, 0.717) is 56.2 Å². The quantitative estimate of drug-likeness (QED) is 0.234. The van der Waals surface area contributed by atoms with Gasteiger partial charge >= 0.3 is 0 Å². The summed E-state index contributed by atoms with van der Waals surface area (Å²) in [5.41, 5.74) is 1.81. The van der Waals surface area contributed by atoms with Crippen LogP contribution in [0.5, 0.6) is 0 Å². The number of carbonyl (C=O) groups is 3. The summed E-state index contributed by atoms with van der Waals surface area (Å²) in [5.74, 6) is -0.191. The summed E-state index contributed by atoms with van der Waals surface area (Å²) in [6, 6.07) is 18.6. The number of aromatic nitrogens is 3. The Kier molecular flexibility index (Phi) is 7.44. The zero-order valence-corrected chi connectivity index (χ0v) is 23.8. The Hall–Kier alpha value is -3.89. The Balaban J connectivity index is 1.44. The van der Waals surface area contributed by atoms with Crippen LogP contribution in [0.1, 0.15) is 48.3 Å². The van der Waals surface area contributed by atoms with Gasteiger partial charge in [-0.1, -0.05) is 47.5 Å². The molecular formula is C30H26Cl2N6O3. The van der Waals surface area contributed by atoms with E-state index in [1.165, 1.54) is 0 Å². The lowest BCUT2D eigenvalue weighted by molar-refractivity contribution is 0.0637. The molecule has 208 valence electrons. The number of halogens is 2. The van der Waals surface area contributed by atoms with Gasteiger partial charge in [0.05, 0.1) is 34.9 Å². The van der Waals surface area contributed by atoms with Crippen molar-refractivity contribution in [2.45, 2.75) is 13.1 Å². The van der Waals surface area contributed by atoms with Crippen LogP contribution in [-0.2, 0) is 13.1 Å². The minimum absolute atomic E-state index is 0.121. The predicted octanol–water partition coefficient (Wildman–Crippen LogP) is 4.35. The molecule has 0 bridgehead atoms. The summed E-state index contributed by atoms with van der Waals surface area (Å²) in [4.78, 5) is 45.9. The molecule has 1 aromatic heterocycles. The predicted molar refractivity (Wildman–Crippen MR) is 155 cm³/mol. The molecule has 0 unspecified atom stereocenters. The molecule has 3 heterocycles. The summed E-state index contributed by atoms with van der Waals surface area (Å²) in [7, 11) is 2.08. The Morgan fingerprint density at radius 1 is 0.780 bits per heavy atom. The number of hydrogen-bond acceptors (Lipinski definition) is 7. The fraction of sp³-hybridized carbons (Fsp3) is 0.233. The highest BCUT2D eigenvalue weighted by atomic mass is 35.5.